The van der Waals surface area contributed by atoms with Crippen LogP contribution in [-0.2, 0) is 32.8 Å². The Balaban J connectivity index is 2.10. The summed E-state index contributed by atoms with van der Waals surface area (Å²) >= 11 is 6.08. The Morgan fingerprint density at radius 1 is 0.927 bits per heavy atom. The third-order valence-corrected chi connectivity index (χ3v) is 8.74. The number of carbonyl (C=O) groups excluding carboxylic acids is 2. The van der Waals surface area contributed by atoms with E-state index in [4.69, 9.17) is 11.6 Å². The monoisotopic (exact) mass is 602 g/mol. The van der Waals surface area contributed by atoms with Crippen LogP contribution in [0.2, 0.25) is 5.02 Å². The van der Waals surface area contributed by atoms with Gasteiger partial charge in [-0.15, -0.1) is 0 Å². The van der Waals surface area contributed by atoms with Crippen molar-refractivity contribution >= 4 is 39.3 Å². The fraction of sp³-hybridized carbons (Fsp3) is 0.333. The molecule has 0 fully saturated rings. The molecule has 0 bridgehead atoms. The van der Waals surface area contributed by atoms with Crippen molar-refractivity contribution in [3.05, 3.63) is 101 Å². The van der Waals surface area contributed by atoms with Crippen LogP contribution in [0.15, 0.2) is 78.9 Å². The summed E-state index contributed by atoms with van der Waals surface area (Å²) in [5.41, 5.74) is 1.23. The van der Waals surface area contributed by atoms with E-state index in [1.165, 1.54) is 37.2 Å². The molecule has 0 spiro atoms. The van der Waals surface area contributed by atoms with Crippen molar-refractivity contribution < 1.29 is 22.4 Å². The molecule has 0 aliphatic rings. The first-order chi connectivity index (χ1) is 19.4. The van der Waals surface area contributed by atoms with Gasteiger partial charge < -0.3 is 10.2 Å². The summed E-state index contributed by atoms with van der Waals surface area (Å²) in [6.07, 6.45) is 0.861. The van der Waals surface area contributed by atoms with Gasteiger partial charge in [0, 0.05) is 38.1 Å². The second-order valence-electron chi connectivity index (χ2n) is 9.92. The standard InChI is InChI=1S/C30H36ClFN4O4S/c1-5-22(2)33-30(38)28(19-23-11-7-6-8-12-23)35(20-24-15-17-25(31)18-16-24)29(37)21-36(41(39,40)34(3)4)27-14-10-9-13-26(27)32/h6-18,22,28H,5,19-21H2,1-4H3,(H,33,38)/t22-,28+/m0/s1. The molecule has 1 N–H and O–H groups in total. The van der Waals surface area contributed by atoms with Crippen LogP contribution >= 0.6 is 11.6 Å². The number of anilines is 1. The molecular weight excluding hydrogens is 567 g/mol. The zero-order valence-corrected chi connectivity index (χ0v) is 25.2. The molecule has 0 aliphatic carbocycles. The first kappa shape index (κ1) is 32.0. The number of amides is 2. The van der Waals surface area contributed by atoms with Crippen LogP contribution in [0, 0.1) is 5.82 Å². The molecule has 0 saturated carbocycles. The minimum absolute atomic E-state index is 0.00540. The highest BCUT2D eigenvalue weighted by atomic mass is 35.5. The second-order valence-corrected chi connectivity index (χ2v) is 12.4. The lowest BCUT2D eigenvalue weighted by molar-refractivity contribution is -0.140. The fourth-order valence-corrected chi connectivity index (χ4v) is 5.33. The molecule has 11 heteroatoms. The number of carbonyl (C=O) groups is 2. The highest BCUT2D eigenvalue weighted by Gasteiger charge is 2.35. The molecule has 0 aliphatic heterocycles. The zero-order chi connectivity index (χ0) is 30.2. The average molecular weight is 603 g/mol. The molecule has 2 amide bonds. The summed E-state index contributed by atoms with van der Waals surface area (Å²) in [6, 6.07) is 20.3. The van der Waals surface area contributed by atoms with Crippen LogP contribution in [0.5, 0.6) is 0 Å². The van der Waals surface area contributed by atoms with Crippen molar-refractivity contribution in [2.45, 2.75) is 45.3 Å². The Labute approximate surface area is 246 Å². The summed E-state index contributed by atoms with van der Waals surface area (Å²) in [7, 11) is -1.68. The van der Waals surface area contributed by atoms with Crippen molar-refractivity contribution in [3.63, 3.8) is 0 Å². The Bertz CT molecular complexity index is 1420. The van der Waals surface area contributed by atoms with Crippen LogP contribution < -0.4 is 9.62 Å². The van der Waals surface area contributed by atoms with Crippen molar-refractivity contribution in [1.82, 2.24) is 14.5 Å². The van der Waals surface area contributed by atoms with Crippen molar-refractivity contribution in [2.24, 2.45) is 0 Å². The van der Waals surface area contributed by atoms with Crippen molar-refractivity contribution in [1.29, 1.82) is 0 Å². The van der Waals surface area contributed by atoms with Crippen LogP contribution in [0.25, 0.3) is 0 Å². The van der Waals surface area contributed by atoms with E-state index in [9.17, 15) is 22.4 Å². The van der Waals surface area contributed by atoms with E-state index in [0.29, 0.717) is 17.0 Å². The minimum atomic E-state index is -4.29. The van der Waals surface area contributed by atoms with Crippen LogP contribution in [0.4, 0.5) is 10.1 Å². The molecule has 3 rings (SSSR count). The third kappa shape index (κ3) is 8.51. The number of hydrogen-bond acceptors (Lipinski definition) is 4. The van der Waals surface area contributed by atoms with Gasteiger partial charge in [-0.1, -0.05) is 73.1 Å². The molecule has 2 atom stereocenters. The number of benzene rings is 3. The molecule has 8 nitrogen and oxygen atoms in total. The normalized spacial score (nSPS) is 13.0. The maximum atomic E-state index is 14.9. The van der Waals surface area contributed by atoms with Gasteiger partial charge in [-0.3, -0.25) is 9.59 Å². The largest absolute Gasteiger partial charge is 0.352 e. The van der Waals surface area contributed by atoms with Gasteiger partial charge in [0.15, 0.2) is 0 Å². The highest BCUT2D eigenvalue weighted by Crippen LogP contribution is 2.24. The van der Waals surface area contributed by atoms with E-state index in [-0.39, 0.29) is 30.6 Å². The topological polar surface area (TPSA) is 90.0 Å². The van der Waals surface area contributed by atoms with Gasteiger partial charge >= 0.3 is 10.2 Å². The van der Waals surface area contributed by atoms with Crippen LogP contribution in [0.3, 0.4) is 0 Å². The average Bonchev–Trinajstić information content (AvgIpc) is 2.95. The van der Waals surface area contributed by atoms with Crippen LogP contribution in [-0.4, -0.2) is 62.2 Å². The summed E-state index contributed by atoms with van der Waals surface area (Å²) in [5.74, 6) is -1.85. The summed E-state index contributed by atoms with van der Waals surface area (Å²) < 4.78 is 43.2. The quantitative estimate of drug-likeness (QED) is 0.308. The van der Waals surface area contributed by atoms with Crippen molar-refractivity contribution in [3.8, 4) is 0 Å². The molecule has 3 aromatic carbocycles. The van der Waals surface area contributed by atoms with Gasteiger partial charge in [-0.25, -0.2) is 8.70 Å². The van der Waals surface area contributed by atoms with Gasteiger partial charge in [-0.2, -0.15) is 12.7 Å². The summed E-state index contributed by atoms with van der Waals surface area (Å²) in [4.78, 5) is 29.2. The van der Waals surface area contributed by atoms with E-state index in [1.807, 2.05) is 44.2 Å². The van der Waals surface area contributed by atoms with E-state index < -0.39 is 34.5 Å². The van der Waals surface area contributed by atoms with E-state index in [2.05, 4.69) is 5.32 Å². The van der Waals surface area contributed by atoms with Gasteiger partial charge in [0.1, 0.15) is 18.4 Å². The number of nitrogens with zero attached hydrogens (tertiary/aromatic N) is 3. The number of hydrogen-bond donors (Lipinski definition) is 1. The van der Waals surface area contributed by atoms with Gasteiger partial charge in [-0.05, 0) is 48.7 Å². The van der Waals surface area contributed by atoms with Crippen LogP contribution in [0.1, 0.15) is 31.4 Å². The lowest BCUT2D eigenvalue weighted by atomic mass is 10.0. The number of nitrogens with one attached hydrogen (secondary N) is 1. The Kier molecular flexibility index (Phi) is 11.3. The third-order valence-electron chi connectivity index (χ3n) is 6.68. The number of rotatable bonds is 13. The Hall–Kier alpha value is -3.47. The molecule has 0 radical (unpaired) electrons. The summed E-state index contributed by atoms with van der Waals surface area (Å²) in [5, 5.41) is 3.47. The number of para-hydroxylation sites is 1. The fourth-order valence-electron chi connectivity index (χ4n) is 4.14. The maximum absolute atomic E-state index is 14.9. The molecule has 0 aromatic heterocycles. The molecule has 0 heterocycles. The first-order valence-corrected chi connectivity index (χ1v) is 15.0. The highest BCUT2D eigenvalue weighted by molar-refractivity contribution is 7.90. The zero-order valence-electron chi connectivity index (χ0n) is 23.6. The van der Waals surface area contributed by atoms with Gasteiger partial charge in [0.05, 0.1) is 5.69 Å². The van der Waals surface area contributed by atoms with E-state index in [0.717, 1.165) is 20.2 Å². The van der Waals surface area contributed by atoms with Gasteiger partial charge in [0.2, 0.25) is 11.8 Å². The second kappa shape index (κ2) is 14.4. The summed E-state index contributed by atoms with van der Waals surface area (Å²) in [6.45, 7) is 3.07. The molecule has 0 saturated heterocycles. The van der Waals surface area contributed by atoms with Gasteiger partial charge in [0.25, 0.3) is 0 Å². The molecule has 220 valence electrons. The number of halogens is 2. The SMILES string of the molecule is CC[C@H](C)NC(=O)[C@@H](Cc1ccccc1)N(Cc1ccc(Cl)cc1)C(=O)CN(c1ccccc1F)S(=O)(=O)N(C)C. The Morgan fingerprint density at radius 2 is 1.54 bits per heavy atom. The predicted octanol–water partition coefficient (Wildman–Crippen LogP) is 4.65. The lowest BCUT2D eigenvalue weighted by Gasteiger charge is -2.35. The molecule has 0 unspecified atom stereocenters. The molecular formula is C30H36ClFN4O4S. The first-order valence-electron chi connectivity index (χ1n) is 13.3. The van der Waals surface area contributed by atoms with Crippen molar-refractivity contribution in [2.75, 3.05) is 24.9 Å². The minimum Gasteiger partial charge on any atom is -0.352 e. The van der Waals surface area contributed by atoms with E-state index in [1.54, 1.807) is 24.3 Å². The maximum Gasteiger partial charge on any atom is 0.304 e. The molecule has 41 heavy (non-hydrogen) atoms. The Morgan fingerprint density at radius 3 is 2.12 bits per heavy atom. The predicted molar refractivity (Wildman–Crippen MR) is 160 cm³/mol. The van der Waals surface area contributed by atoms with E-state index >= 15 is 0 Å². The molecule has 3 aromatic rings. The smallest absolute Gasteiger partial charge is 0.304 e. The lowest BCUT2D eigenvalue weighted by Crippen LogP contribution is -2.55.